The fourth-order valence-electron chi connectivity index (χ4n) is 2.79. The summed E-state index contributed by atoms with van der Waals surface area (Å²) < 4.78 is 5.85. The average Bonchev–Trinajstić information content (AvgIpc) is 2.49. The second-order valence-electron chi connectivity index (χ2n) is 5.22. The van der Waals surface area contributed by atoms with Crippen LogP contribution in [0.4, 0.5) is 0 Å². The Morgan fingerprint density at radius 2 is 1.90 bits per heavy atom. The van der Waals surface area contributed by atoms with E-state index >= 15 is 0 Å². The molecule has 3 rings (SSSR count). The number of hydrogen-bond donors (Lipinski definition) is 1. The number of nitrogens with two attached hydrogens (primary N) is 1. The monoisotopic (exact) mass is 287 g/mol. The molecule has 0 spiro atoms. The highest BCUT2D eigenvalue weighted by molar-refractivity contribution is 6.31. The maximum atomic E-state index is 6.47. The van der Waals surface area contributed by atoms with Crippen LogP contribution in [0.1, 0.15) is 34.7 Å². The Balaban J connectivity index is 2.07. The summed E-state index contributed by atoms with van der Waals surface area (Å²) in [6.45, 7) is 2.78. The van der Waals surface area contributed by atoms with Gasteiger partial charge in [0.15, 0.2) is 0 Å². The number of halogens is 1. The Bertz CT molecular complexity index is 639. The van der Waals surface area contributed by atoms with E-state index < -0.39 is 0 Å². The summed E-state index contributed by atoms with van der Waals surface area (Å²) in [4.78, 5) is 0. The maximum Gasteiger partial charge on any atom is 0.127 e. The first-order valence-electron chi connectivity index (χ1n) is 6.93. The molecule has 0 aliphatic carbocycles. The molecule has 20 heavy (non-hydrogen) atoms. The van der Waals surface area contributed by atoms with E-state index in [1.165, 1.54) is 5.56 Å². The van der Waals surface area contributed by atoms with Crippen molar-refractivity contribution in [3.63, 3.8) is 0 Å². The van der Waals surface area contributed by atoms with E-state index in [1.54, 1.807) is 0 Å². The van der Waals surface area contributed by atoms with Gasteiger partial charge < -0.3 is 10.5 Å². The van der Waals surface area contributed by atoms with Crippen molar-refractivity contribution in [1.29, 1.82) is 0 Å². The van der Waals surface area contributed by atoms with Crippen LogP contribution in [0.15, 0.2) is 36.4 Å². The SMILES string of the molecule is Cc1c(Cl)cccc1C(N)c1cccc2c1OCCC2. The van der Waals surface area contributed by atoms with Gasteiger partial charge in [-0.05, 0) is 42.5 Å². The van der Waals surface area contributed by atoms with Crippen molar-refractivity contribution < 1.29 is 4.74 Å². The molecule has 0 radical (unpaired) electrons. The van der Waals surface area contributed by atoms with Crippen molar-refractivity contribution in [3.05, 3.63) is 63.7 Å². The van der Waals surface area contributed by atoms with Crippen LogP contribution in [-0.2, 0) is 6.42 Å². The molecule has 0 amide bonds. The molecule has 2 nitrogen and oxygen atoms in total. The van der Waals surface area contributed by atoms with E-state index in [9.17, 15) is 0 Å². The van der Waals surface area contributed by atoms with Crippen LogP contribution < -0.4 is 10.5 Å². The van der Waals surface area contributed by atoms with Gasteiger partial charge in [-0.15, -0.1) is 0 Å². The van der Waals surface area contributed by atoms with Gasteiger partial charge in [0.05, 0.1) is 12.6 Å². The molecule has 1 unspecified atom stereocenters. The lowest BCUT2D eigenvalue weighted by atomic mass is 9.92. The van der Waals surface area contributed by atoms with E-state index in [4.69, 9.17) is 22.1 Å². The van der Waals surface area contributed by atoms with Crippen LogP contribution in [0.25, 0.3) is 0 Å². The minimum atomic E-state index is -0.207. The predicted molar refractivity (Wildman–Crippen MR) is 82.5 cm³/mol. The number of benzene rings is 2. The van der Waals surface area contributed by atoms with Gasteiger partial charge in [0.1, 0.15) is 5.75 Å². The summed E-state index contributed by atoms with van der Waals surface area (Å²) in [5, 5.41) is 0.753. The third-order valence-electron chi connectivity index (χ3n) is 3.94. The molecule has 0 fully saturated rings. The number of rotatable bonds is 2. The molecule has 1 aliphatic heterocycles. The van der Waals surface area contributed by atoms with Gasteiger partial charge in [0.25, 0.3) is 0 Å². The second-order valence-corrected chi connectivity index (χ2v) is 5.63. The molecule has 0 saturated heterocycles. The van der Waals surface area contributed by atoms with Gasteiger partial charge in [0, 0.05) is 10.6 Å². The third-order valence-corrected chi connectivity index (χ3v) is 4.35. The summed E-state index contributed by atoms with van der Waals surface area (Å²) >= 11 is 6.20. The summed E-state index contributed by atoms with van der Waals surface area (Å²) in [6.07, 6.45) is 2.13. The highest BCUT2D eigenvalue weighted by Crippen LogP contribution is 2.36. The van der Waals surface area contributed by atoms with Gasteiger partial charge in [-0.25, -0.2) is 0 Å². The van der Waals surface area contributed by atoms with E-state index in [-0.39, 0.29) is 6.04 Å². The molecule has 0 saturated carbocycles. The van der Waals surface area contributed by atoms with Crippen LogP contribution in [0, 0.1) is 6.92 Å². The second kappa shape index (κ2) is 5.47. The van der Waals surface area contributed by atoms with Gasteiger partial charge in [-0.2, -0.15) is 0 Å². The fraction of sp³-hybridized carbons (Fsp3) is 0.294. The highest BCUT2D eigenvalue weighted by Gasteiger charge is 2.21. The van der Waals surface area contributed by atoms with Gasteiger partial charge in [-0.1, -0.05) is 41.9 Å². The lowest BCUT2D eigenvalue weighted by Crippen LogP contribution is -2.18. The first-order chi connectivity index (χ1) is 9.68. The predicted octanol–water partition coefficient (Wildman–Crippen LogP) is 4.02. The Labute approximate surface area is 124 Å². The van der Waals surface area contributed by atoms with E-state index in [2.05, 4.69) is 18.2 Å². The van der Waals surface area contributed by atoms with Crippen LogP contribution >= 0.6 is 11.6 Å². The van der Waals surface area contributed by atoms with Gasteiger partial charge in [0.2, 0.25) is 0 Å². The average molecular weight is 288 g/mol. The molecule has 3 heteroatoms. The van der Waals surface area contributed by atoms with E-state index in [0.29, 0.717) is 0 Å². The molecule has 1 heterocycles. The summed E-state index contributed by atoms with van der Waals surface area (Å²) in [7, 11) is 0. The normalized spacial score (nSPS) is 15.3. The van der Waals surface area contributed by atoms with Crippen molar-refractivity contribution in [1.82, 2.24) is 0 Å². The molecular formula is C17H18ClNO. The summed E-state index contributed by atoms with van der Waals surface area (Å²) in [5.74, 6) is 0.964. The van der Waals surface area contributed by atoms with E-state index in [1.807, 2.05) is 25.1 Å². The molecular weight excluding hydrogens is 270 g/mol. The lowest BCUT2D eigenvalue weighted by molar-refractivity contribution is 0.284. The number of aryl methyl sites for hydroxylation is 1. The Hall–Kier alpha value is -1.51. The molecule has 1 aliphatic rings. The molecule has 2 aromatic rings. The standard InChI is InChI=1S/C17H18ClNO/c1-11-13(7-3-9-15(11)18)16(19)14-8-2-5-12-6-4-10-20-17(12)14/h2-3,5,7-9,16H,4,6,10,19H2,1H3. The summed E-state index contributed by atoms with van der Waals surface area (Å²) in [6, 6.07) is 11.9. The van der Waals surface area contributed by atoms with Crippen molar-refractivity contribution in [2.75, 3.05) is 6.61 Å². The summed E-state index contributed by atoms with van der Waals surface area (Å²) in [5.41, 5.74) is 10.9. The van der Waals surface area contributed by atoms with Gasteiger partial charge in [-0.3, -0.25) is 0 Å². The molecule has 0 aromatic heterocycles. The minimum absolute atomic E-state index is 0.207. The Kier molecular flexibility index (Phi) is 3.68. The van der Waals surface area contributed by atoms with E-state index in [0.717, 1.165) is 46.9 Å². The van der Waals surface area contributed by atoms with Gasteiger partial charge >= 0.3 is 0 Å². The van der Waals surface area contributed by atoms with Crippen LogP contribution in [0.3, 0.4) is 0 Å². The molecule has 2 aromatic carbocycles. The Morgan fingerprint density at radius 3 is 2.75 bits per heavy atom. The number of para-hydroxylation sites is 1. The highest BCUT2D eigenvalue weighted by atomic mass is 35.5. The fourth-order valence-corrected chi connectivity index (χ4v) is 2.97. The minimum Gasteiger partial charge on any atom is -0.493 e. The molecule has 1 atom stereocenters. The number of fused-ring (bicyclic) bond motifs is 1. The van der Waals surface area contributed by atoms with Crippen molar-refractivity contribution in [2.45, 2.75) is 25.8 Å². The number of ether oxygens (including phenoxy) is 1. The largest absolute Gasteiger partial charge is 0.493 e. The zero-order chi connectivity index (χ0) is 14.1. The van der Waals surface area contributed by atoms with Crippen LogP contribution in [-0.4, -0.2) is 6.61 Å². The van der Waals surface area contributed by atoms with Crippen molar-refractivity contribution in [3.8, 4) is 5.75 Å². The molecule has 2 N–H and O–H groups in total. The lowest BCUT2D eigenvalue weighted by Gasteiger charge is -2.24. The quantitative estimate of drug-likeness (QED) is 0.905. The van der Waals surface area contributed by atoms with Crippen LogP contribution in [0.5, 0.6) is 5.75 Å². The van der Waals surface area contributed by atoms with Crippen LogP contribution in [0.2, 0.25) is 5.02 Å². The first-order valence-corrected chi connectivity index (χ1v) is 7.31. The third kappa shape index (κ3) is 2.30. The number of hydrogen-bond acceptors (Lipinski definition) is 2. The smallest absolute Gasteiger partial charge is 0.127 e. The zero-order valence-electron chi connectivity index (χ0n) is 11.5. The molecule has 104 valence electrons. The topological polar surface area (TPSA) is 35.2 Å². The molecule has 0 bridgehead atoms. The first kappa shape index (κ1) is 13.5. The Morgan fingerprint density at radius 1 is 1.15 bits per heavy atom. The zero-order valence-corrected chi connectivity index (χ0v) is 12.3. The van der Waals surface area contributed by atoms with Crippen molar-refractivity contribution in [2.24, 2.45) is 5.73 Å². The van der Waals surface area contributed by atoms with Crippen molar-refractivity contribution >= 4 is 11.6 Å². The maximum absolute atomic E-state index is 6.47.